The third-order valence-electron chi connectivity index (χ3n) is 3.25. The van der Waals surface area contributed by atoms with E-state index in [1.807, 2.05) is 6.92 Å². The smallest absolute Gasteiger partial charge is 0.238 e. The number of pyridine rings is 1. The molecule has 1 aliphatic rings. The second-order valence-corrected chi connectivity index (χ2v) is 4.93. The third-order valence-corrected chi connectivity index (χ3v) is 3.64. The average molecular weight is 270 g/mol. The molecule has 0 aliphatic carbocycles. The SMILES string of the molecule is CCNc1c(OC)nc2c(c1Cl)[C@H](C)CNCC2. The molecular weight excluding hydrogens is 250 g/mol. The van der Waals surface area contributed by atoms with Crippen LogP contribution in [0.3, 0.4) is 0 Å². The van der Waals surface area contributed by atoms with Crippen molar-refractivity contribution in [1.82, 2.24) is 10.3 Å². The van der Waals surface area contributed by atoms with Crippen molar-refractivity contribution in [3.8, 4) is 5.88 Å². The minimum Gasteiger partial charge on any atom is -0.479 e. The molecule has 0 fully saturated rings. The van der Waals surface area contributed by atoms with Gasteiger partial charge in [0.05, 0.1) is 17.8 Å². The summed E-state index contributed by atoms with van der Waals surface area (Å²) in [7, 11) is 1.63. The van der Waals surface area contributed by atoms with Gasteiger partial charge >= 0.3 is 0 Å². The Morgan fingerprint density at radius 1 is 1.56 bits per heavy atom. The highest BCUT2D eigenvalue weighted by molar-refractivity contribution is 6.34. The van der Waals surface area contributed by atoms with Crippen LogP contribution < -0.4 is 15.4 Å². The zero-order chi connectivity index (χ0) is 13.1. The zero-order valence-corrected chi connectivity index (χ0v) is 11.9. The topological polar surface area (TPSA) is 46.2 Å². The van der Waals surface area contributed by atoms with Gasteiger partial charge in [0.1, 0.15) is 5.69 Å². The Morgan fingerprint density at radius 3 is 3.00 bits per heavy atom. The number of nitrogens with one attached hydrogen (secondary N) is 2. The highest BCUT2D eigenvalue weighted by Gasteiger charge is 2.24. The second-order valence-electron chi connectivity index (χ2n) is 4.56. The third kappa shape index (κ3) is 2.40. The average Bonchev–Trinajstić information content (AvgIpc) is 2.54. The quantitative estimate of drug-likeness (QED) is 0.885. The Labute approximate surface area is 113 Å². The molecule has 5 heteroatoms. The number of rotatable bonds is 3. The number of fused-ring (bicyclic) bond motifs is 1. The maximum atomic E-state index is 6.55. The number of anilines is 1. The summed E-state index contributed by atoms with van der Waals surface area (Å²) < 4.78 is 5.34. The first kappa shape index (κ1) is 13.4. The summed E-state index contributed by atoms with van der Waals surface area (Å²) >= 11 is 6.55. The number of nitrogens with zero attached hydrogens (tertiary/aromatic N) is 1. The molecule has 1 aromatic heterocycles. The summed E-state index contributed by atoms with van der Waals surface area (Å²) in [6, 6.07) is 0. The Bertz CT molecular complexity index is 437. The summed E-state index contributed by atoms with van der Waals surface area (Å²) in [6.07, 6.45) is 0.891. The van der Waals surface area contributed by atoms with Crippen molar-refractivity contribution in [2.24, 2.45) is 0 Å². The molecule has 2 rings (SSSR count). The first-order valence-corrected chi connectivity index (χ1v) is 6.77. The van der Waals surface area contributed by atoms with E-state index < -0.39 is 0 Å². The summed E-state index contributed by atoms with van der Waals surface area (Å²) in [5.41, 5.74) is 3.02. The maximum absolute atomic E-state index is 6.55. The Kier molecular flexibility index (Phi) is 4.30. The summed E-state index contributed by atoms with van der Waals surface area (Å²) in [4.78, 5) is 4.61. The lowest BCUT2D eigenvalue weighted by atomic mass is 9.98. The lowest BCUT2D eigenvalue weighted by molar-refractivity contribution is 0.398. The van der Waals surface area contributed by atoms with Crippen molar-refractivity contribution in [3.05, 3.63) is 16.3 Å². The lowest BCUT2D eigenvalue weighted by Gasteiger charge is -2.19. The standard InChI is InChI=1S/C13H20ClN3O/c1-4-16-12-11(14)10-8(2)7-15-6-5-9(10)17-13(12)18-3/h8,15-16H,4-7H2,1-3H3/t8-/m1/s1. The van der Waals surface area contributed by atoms with Crippen LogP contribution in [-0.4, -0.2) is 31.7 Å². The van der Waals surface area contributed by atoms with E-state index in [1.54, 1.807) is 7.11 Å². The van der Waals surface area contributed by atoms with Gasteiger partial charge in [-0.2, -0.15) is 0 Å². The molecule has 0 radical (unpaired) electrons. The number of ether oxygens (including phenoxy) is 1. The Balaban J connectivity index is 2.56. The Hall–Kier alpha value is -1.00. The number of halogens is 1. The molecule has 0 aromatic carbocycles. The molecule has 1 aliphatic heterocycles. The minimum atomic E-state index is 0.366. The molecule has 4 nitrogen and oxygen atoms in total. The van der Waals surface area contributed by atoms with Crippen LogP contribution in [0.2, 0.25) is 5.02 Å². The van der Waals surface area contributed by atoms with Gasteiger partial charge in [-0.05, 0) is 18.4 Å². The van der Waals surface area contributed by atoms with E-state index in [0.717, 1.165) is 48.0 Å². The van der Waals surface area contributed by atoms with E-state index in [2.05, 4.69) is 22.5 Å². The van der Waals surface area contributed by atoms with Gasteiger partial charge in [-0.25, -0.2) is 4.98 Å². The van der Waals surface area contributed by atoms with Gasteiger partial charge in [0.2, 0.25) is 5.88 Å². The van der Waals surface area contributed by atoms with Crippen LogP contribution in [-0.2, 0) is 6.42 Å². The fraction of sp³-hybridized carbons (Fsp3) is 0.615. The van der Waals surface area contributed by atoms with Crippen LogP contribution in [0.1, 0.15) is 31.0 Å². The zero-order valence-electron chi connectivity index (χ0n) is 11.1. The van der Waals surface area contributed by atoms with E-state index in [1.165, 1.54) is 0 Å². The van der Waals surface area contributed by atoms with Crippen molar-refractivity contribution in [3.63, 3.8) is 0 Å². The molecule has 0 saturated heterocycles. The molecule has 0 spiro atoms. The molecule has 2 heterocycles. The fourth-order valence-corrected chi connectivity index (χ4v) is 2.83. The molecule has 0 saturated carbocycles. The summed E-state index contributed by atoms with van der Waals surface area (Å²) in [5, 5.41) is 7.41. The van der Waals surface area contributed by atoms with Crippen LogP contribution in [0.15, 0.2) is 0 Å². The lowest BCUT2D eigenvalue weighted by Crippen LogP contribution is -2.18. The second kappa shape index (κ2) is 5.76. The maximum Gasteiger partial charge on any atom is 0.238 e. The summed E-state index contributed by atoms with van der Waals surface area (Å²) in [6.45, 7) is 6.87. The molecule has 18 heavy (non-hydrogen) atoms. The van der Waals surface area contributed by atoms with E-state index in [-0.39, 0.29) is 0 Å². The minimum absolute atomic E-state index is 0.366. The highest BCUT2D eigenvalue weighted by atomic mass is 35.5. The predicted molar refractivity (Wildman–Crippen MR) is 75.0 cm³/mol. The largest absolute Gasteiger partial charge is 0.479 e. The molecule has 1 atom stereocenters. The van der Waals surface area contributed by atoms with Crippen LogP contribution in [0.4, 0.5) is 5.69 Å². The highest BCUT2D eigenvalue weighted by Crippen LogP contribution is 2.39. The van der Waals surface area contributed by atoms with Gasteiger partial charge in [-0.1, -0.05) is 18.5 Å². The van der Waals surface area contributed by atoms with Crippen molar-refractivity contribution < 1.29 is 4.74 Å². The van der Waals surface area contributed by atoms with Crippen molar-refractivity contribution in [1.29, 1.82) is 0 Å². The van der Waals surface area contributed by atoms with Crippen LogP contribution >= 0.6 is 11.6 Å². The molecule has 1 aromatic rings. The Morgan fingerprint density at radius 2 is 2.33 bits per heavy atom. The first-order chi connectivity index (χ1) is 8.69. The molecular formula is C13H20ClN3O. The van der Waals surface area contributed by atoms with Crippen LogP contribution in [0.5, 0.6) is 5.88 Å². The van der Waals surface area contributed by atoms with Gasteiger partial charge in [0.25, 0.3) is 0 Å². The van der Waals surface area contributed by atoms with Gasteiger partial charge in [-0.15, -0.1) is 0 Å². The number of hydrogen-bond donors (Lipinski definition) is 2. The van der Waals surface area contributed by atoms with Crippen LogP contribution in [0, 0.1) is 0 Å². The van der Waals surface area contributed by atoms with Gasteiger partial charge < -0.3 is 15.4 Å². The first-order valence-electron chi connectivity index (χ1n) is 6.39. The van der Waals surface area contributed by atoms with Crippen LogP contribution in [0.25, 0.3) is 0 Å². The summed E-state index contributed by atoms with van der Waals surface area (Å²) in [5.74, 6) is 0.959. The normalized spacial score (nSPS) is 19.0. The van der Waals surface area contributed by atoms with E-state index in [9.17, 15) is 0 Å². The molecule has 100 valence electrons. The van der Waals surface area contributed by atoms with Crippen molar-refractivity contribution in [2.45, 2.75) is 26.2 Å². The van der Waals surface area contributed by atoms with E-state index in [0.29, 0.717) is 11.8 Å². The molecule has 2 N–H and O–H groups in total. The van der Waals surface area contributed by atoms with Gasteiger partial charge in [0.15, 0.2) is 0 Å². The van der Waals surface area contributed by atoms with Gasteiger partial charge in [0, 0.05) is 26.1 Å². The van der Waals surface area contributed by atoms with E-state index >= 15 is 0 Å². The van der Waals surface area contributed by atoms with Crippen molar-refractivity contribution >= 4 is 17.3 Å². The van der Waals surface area contributed by atoms with Gasteiger partial charge in [-0.3, -0.25) is 0 Å². The number of aromatic nitrogens is 1. The fourth-order valence-electron chi connectivity index (χ4n) is 2.39. The number of methoxy groups -OCH3 is 1. The van der Waals surface area contributed by atoms with Crippen molar-refractivity contribution in [2.75, 3.05) is 32.1 Å². The molecule has 0 bridgehead atoms. The number of hydrogen-bond acceptors (Lipinski definition) is 4. The van der Waals surface area contributed by atoms with E-state index in [4.69, 9.17) is 16.3 Å². The molecule has 0 amide bonds. The monoisotopic (exact) mass is 269 g/mol. The predicted octanol–water partition coefficient (Wildman–Crippen LogP) is 2.42. The molecule has 0 unspecified atom stereocenters.